The molecule has 2 rings (SSSR count). The fourth-order valence-electron chi connectivity index (χ4n) is 1.71. The number of rotatable bonds is 2. The number of halogens is 3. The number of hydrogen-bond donors (Lipinski definition) is 0. The van der Waals surface area contributed by atoms with Crippen molar-refractivity contribution in [3.8, 4) is 11.1 Å². The molecule has 0 fully saturated rings. The largest absolute Gasteiger partial charge is 0.417 e. The van der Waals surface area contributed by atoms with Crippen LogP contribution in [0, 0.1) is 0 Å². The molecule has 0 saturated carbocycles. The number of alkyl halides is 3. The molecule has 92 valence electrons. The molecule has 0 atom stereocenters. The van der Waals surface area contributed by atoms with Gasteiger partial charge in [0, 0.05) is 18.0 Å². The van der Waals surface area contributed by atoms with Crippen LogP contribution in [-0.4, -0.2) is 11.3 Å². The second kappa shape index (κ2) is 4.60. The summed E-state index contributed by atoms with van der Waals surface area (Å²) in [6.07, 6.45) is -1.36. The minimum atomic E-state index is -4.46. The van der Waals surface area contributed by atoms with Crippen molar-refractivity contribution in [3.63, 3.8) is 0 Å². The summed E-state index contributed by atoms with van der Waals surface area (Å²) in [5.74, 6) is 0. The zero-order chi connectivity index (χ0) is 13.2. The molecule has 2 aromatic rings. The summed E-state index contributed by atoms with van der Waals surface area (Å²) in [7, 11) is 0. The molecule has 0 saturated heterocycles. The third-order valence-corrected chi connectivity index (χ3v) is 2.50. The Hall–Kier alpha value is -2.17. The van der Waals surface area contributed by atoms with Crippen molar-refractivity contribution in [2.24, 2.45) is 0 Å². The first-order valence-corrected chi connectivity index (χ1v) is 5.10. The van der Waals surface area contributed by atoms with Crippen molar-refractivity contribution < 1.29 is 18.0 Å². The molecular weight excluding hydrogens is 243 g/mol. The van der Waals surface area contributed by atoms with Crippen molar-refractivity contribution in [1.82, 2.24) is 4.98 Å². The second-order valence-corrected chi connectivity index (χ2v) is 3.62. The molecule has 0 N–H and O–H groups in total. The summed E-state index contributed by atoms with van der Waals surface area (Å²) in [5.41, 5.74) is -0.420. The Morgan fingerprint density at radius 2 is 1.78 bits per heavy atom. The molecule has 0 spiro atoms. The first-order chi connectivity index (χ1) is 8.54. The Kier molecular flexibility index (Phi) is 3.14. The van der Waals surface area contributed by atoms with Gasteiger partial charge in [0.05, 0.1) is 5.56 Å². The van der Waals surface area contributed by atoms with E-state index in [9.17, 15) is 18.0 Å². The van der Waals surface area contributed by atoms with Gasteiger partial charge in [0.2, 0.25) is 0 Å². The maximum Gasteiger partial charge on any atom is 0.417 e. The zero-order valence-corrected chi connectivity index (χ0v) is 9.11. The van der Waals surface area contributed by atoms with Gasteiger partial charge in [0.15, 0.2) is 6.29 Å². The van der Waals surface area contributed by atoms with Crippen LogP contribution in [0.5, 0.6) is 0 Å². The van der Waals surface area contributed by atoms with Gasteiger partial charge in [-0.25, -0.2) is 0 Å². The van der Waals surface area contributed by atoms with Crippen LogP contribution in [-0.2, 0) is 6.18 Å². The van der Waals surface area contributed by atoms with Crippen LogP contribution in [0.15, 0.2) is 42.7 Å². The normalized spacial score (nSPS) is 11.3. The van der Waals surface area contributed by atoms with Crippen LogP contribution in [0.3, 0.4) is 0 Å². The van der Waals surface area contributed by atoms with Crippen molar-refractivity contribution in [1.29, 1.82) is 0 Å². The molecule has 0 bridgehead atoms. The summed E-state index contributed by atoms with van der Waals surface area (Å²) < 4.78 is 38.6. The summed E-state index contributed by atoms with van der Waals surface area (Å²) in [6.45, 7) is 0. The van der Waals surface area contributed by atoms with Gasteiger partial charge >= 0.3 is 6.18 Å². The number of carbonyl (C=O) groups excluding carboxylic acids is 1. The maximum absolute atomic E-state index is 12.9. The lowest BCUT2D eigenvalue weighted by atomic mass is 9.97. The van der Waals surface area contributed by atoms with Gasteiger partial charge in [0.1, 0.15) is 0 Å². The molecular formula is C13H8F3NO. The summed E-state index contributed by atoms with van der Waals surface area (Å²) in [5, 5.41) is 0. The smallest absolute Gasteiger partial charge is 0.298 e. The van der Waals surface area contributed by atoms with Gasteiger partial charge in [-0.15, -0.1) is 0 Å². The molecule has 1 aromatic carbocycles. The number of aldehydes is 1. The highest BCUT2D eigenvalue weighted by atomic mass is 19.4. The number of nitrogens with zero attached hydrogens (tertiary/aromatic N) is 1. The Balaban J connectivity index is 2.68. The first kappa shape index (κ1) is 12.3. The summed E-state index contributed by atoms with van der Waals surface area (Å²) in [4.78, 5) is 14.6. The summed E-state index contributed by atoms with van der Waals surface area (Å²) >= 11 is 0. The quantitative estimate of drug-likeness (QED) is 0.763. The maximum atomic E-state index is 12.9. The van der Waals surface area contributed by atoms with E-state index in [1.165, 1.54) is 36.7 Å². The zero-order valence-electron chi connectivity index (χ0n) is 9.11. The van der Waals surface area contributed by atoms with Gasteiger partial charge in [-0.05, 0) is 23.3 Å². The standard InChI is InChI=1S/C13H8F3NO/c14-13(15,16)12-4-2-1-3-11(12)10-5-6-17-7-9(10)8-18/h1-8H. The average molecular weight is 251 g/mol. The van der Waals surface area contributed by atoms with Crippen LogP contribution in [0.25, 0.3) is 11.1 Å². The molecule has 1 aromatic heterocycles. The highest BCUT2D eigenvalue weighted by molar-refractivity contribution is 5.88. The third kappa shape index (κ3) is 2.25. The molecule has 0 aliphatic rings. The topological polar surface area (TPSA) is 30.0 Å². The van der Waals surface area contributed by atoms with Crippen LogP contribution < -0.4 is 0 Å². The number of aromatic nitrogens is 1. The molecule has 0 radical (unpaired) electrons. The minimum absolute atomic E-state index is 0.0190. The third-order valence-electron chi connectivity index (χ3n) is 2.50. The Bertz CT molecular complexity index is 578. The van der Waals surface area contributed by atoms with E-state index in [1.54, 1.807) is 0 Å². The average Bonchev–Trinajstić information content (AvgIpc) is 2.37. The molecule has 1 heterocycles. The molecule has 0 amide bonds. The highest BCUT2D eigenvalue weighted by Gasteiger charge is 2.33. The number of pyridine rings is 1. The fourth-order valence-corrected chi connectivity index (χ4v) is 1.71. The van der Waals surface area contributed by atoms with Gasteiger partial charge in [-0.1, -0.05) is 18.2 Å². The van der Waals surface area contributed by atoms with Gasteiger partial charge in [0.25, 0.3) is 0 Å². The molecule has 0 unspecified atom stereocenters. The number of hydrogen-bond acceptors (Lipinski definition) is 2. The van der Waals surface area contributed by atoms with Crippen molar-refractivity contribution in [3.05, 3.63) is 53.9 Å². The van der Waals surface area contributed by atoms with Crippen LogP contribution in [0.4, 0.5) is 13.2 Å². The molecule has 0 aliphatic heterocycles. The predicted octanol–water partition coefficient (Wildman–Crippen LogP) is 3.58. The predicted molar refractivity (Wildman–Crippen MR) is 60.1 cm³/mol. The van der Waals surface area contributed by atoms with Gasteiger partial charge in [-0.3, -0.25) is 9.78 Å². The van der Waals surface area contributed by atoms with E-state index in [2.05, 4.69) is 4.98 Å². The second-order valence-electron chi connectivity index (χ2n) is 3.62. The van der Waals surface area contributed by atoms with E-state index in [4.69, 9.17) is 0 Å². The van der Waals surface area contributed by atoms with Crippen molar-refractivity contribution >= 4 is 6.29 Å². The van der Waals surface area contributed by atoms with Crippen molar-refractivity contribution in [2.75, 3.05) is 0 Å². The first-order valence-electron chi connectivity index (χ1n) is 5.10. The summed E-state index contributed by atoms with van der Waals surface area (Å²) in [6, 6.07) is 6.54. The van der Waals surface area contributed by atoms with Crippen LogP contribution in [0.2, 0.25) is 0 Å². The SMILES string of the molecule is O=Cc1cnccc1-c1ccccc1C(F)(F)F. The lowest BCUT2D eigenvalue weighted by molar-refractivity contribution is -0.137. The van der Waals surface area contributed by atoms with E-state index in [1.807, 2.05) is 0 Å². The monoisotopic (exact) mass is 251 g/mol. The Morgan fingerprint density at radius 3 is 2.44 bits per heavy atom. The highest BCUT2D eigenvalue weighted by Crippen LogP contribution is 2.37. The molecule has 5 heteroatoms. The number of carbonyl (C=O) groups is 1. The van der Waals surface area contributed by atoms with E-state index in [0.29, 0.717) is 6.29 Å². The van der Waals surface area contributed by atoms with Gasteiger partial charge in [-0.2, -0.15) is 13.2 Å². The van der Waals surface area contributed by atoms with E-state index >= 15 is 0 Å². The van der Waals surface area contributed by atoms with E-state index < -0.39 is 11.7 Å². The molecule has 18 heavy (non-hydrogen) atoms. The van der Waals surface area contributed by atoms with Crippen LogP contribution in [0.1, 0.15) is 15.9 Å². The van der Waals surface area contributed by atoms with E-state index in [-0.39, 0.29) is 16.7 Å². The Morgan fingerprint density at radius 1 is 1.06 bits per heavy atom. The van der Waals surface area contributed by atoms with Crippen molar-refractivity contribution in [2.45, 2.75) is 6.18 Å². The number of benzene rings is 1. The minimum Gasteiger partial charge on any atom is -0.298 e. The Labute approximate surface area is 101 Å². The van der Waals surface area contributed by atoms with Crippen LogP contribution >= 0.6 is 0 Å². The molecule has 2 nitrogen and oxygen atoms in total. The van der Waals surface area contributed by atoms with E-state index in [0.717, 1.165) is 6.07 Å². The lowest BCUT2D eigenvalue weighted by Gasteiger charge is -2.13. The molecule has 0 aliphatic carbocycles. The lowest BCUT2D eigenvalue weighted by Crippen LogP contribution is -2.07. The fraction of sp³-hybridized carbons (Fsp3) is 0.0769. The van der Waals surface area contributed by atoms with Gasteiger partial charge < -0.3 is 0 Å².